The number of hydrogen-bond donors (Lipinski definition) is 1. The van der Waals surface area contributed by atoms with Crippen molar-refractivity contribution in [3.8, 4) is 0 Å². The van der Waals surface area contributed by atoms with E-state index in [1.165, 1.54) is 5.69 Å². The van der Waals surface area contributed by atoms with Crippen molar-refractivity contribution in [2.75, 3.05) is 5.32 Å². The third-order valence-corrected chi connectivity index (χ3v) is 3.44. The van der Waals surface area contributed by atoms with E-state index in [-0.39, 0.29) is 0 Å². The lowest BCUT2D eigenvalue weighted by molar-refractivity contribution is 0.992. The fraction of sp³-hybridized carbons (Fsp3) is 0.167. The van der Waals surface area contributed by atoms with Crippen LogP contribution in [0.4, 0.5) is 5.69 Å². The molecule has 5 heteroatoms. The largest absolute Gasteiger partial charge is 0.378 e. The Bertz CT molecular complexity index is 626. The van der Waals surface area contributed by atoms with Crippen molar-refractivity contribution in [3.63, 3.8) is 0 Å². The molecule has 0 unspecified atom stereocenters. The summed E-state index contributed by atoms with van der Waals surface area (Å²) in [4.78, 5) is 9.63. The van der Waals surface area contributed by atoms with Crippen LogP contribution in [0.5, 0.6) is 0 Å². The van der Waals surface area contributed by atoms with Crippen molar-refractivity contribution in [2.45, 2.75) is 13.5 Å². The second-order valence-corrected chi connectivity index (χ2v) is 4.67. The Labute approximate surface area is 103 Å². The Hall–Kier alpha value is -1.88. The van der Waals surface area contributed by atoms with Gasteiger partial charge in [0.15, 0.2) is 4.96 Å². The zero-order valence-corrected chi connectivity index (χ0v) is 10.2. The number of rotatable bonds is 3. The van der Waals surface area contributed by atoms with E-state index in [1.807, 2.05) is 25.3 Å². The SMILES string of the molecule is Cc1nc2sccn2c1CNc1cccnc1. The zero-order valence-electron chi connectivity index (χ0n) is 9.42. The first-order valence-corrected chi connectivity index (χ1v) is 6.27. The summed E-state index contributed by atoms with van der Waals surface area (Å²) >= 11 is 1.66. The summed E-state index contributed by atoms with van der Waals surface area (Å²) < 4.78 is 2.13. The van der Waals surface area contributed by atoms with Crippen molar-refractivity contribution >= 4 is 22.0 Å². The summed E-state index contributed by atoms with van der Waals surface area (Å²) in [6.45, 7) is 2.80. The van der Waals surface area contributed by atoms with Gasteiger partial charge in [-0.25, -0.2) is 4.98 Å². The van der Waals surface area contributed by atoms with E-state index in [2.05, 4.69) is 31.3 Å². The van der Waals surface area contributed by atoms with Gasteiger partial charge in [-0.05, 0) is 19.1 Å². The van der Waals surface area contributed by atoms with Crippen molar-refractivity contribution in [1.82, 2.24) is 14.4 Å². The van der Waals surface area contributed by atoms with Gasteiger partial charge >= 0.3 is 0 Å². The molecule has 0 aliphatic heterocycles. The van der Waals surface area contributed by atoms with Gasteiger partial charge in [-0.15, -0.1) is 11.3 Å². The molecule has 0 aliphatic carbocycles. The van der Waals surface area contributed by atoms with E-state index in [0.717, 1.165) is 22.9 Å². The highest BCUT2D eigenvalue weighted by molar-refractivity contribution is 7.15. The highest BCUT2D eigenvalue weighted by atomic mass is 32.1. The van der Waals surface area contributed by atoms with Gasteiger partial charge in [0.05, 0.1) is 23.6 Å². The van der Waals surface area contributed by atoms with E-state index in [4.69, 9.17) is 0 Å². The molecule has 0 amide bonds. The summed E-state index contributed by atoms with van der Waals surface area (Å²) in [6, 6.07) is 3.93. The molecule has 3 aromatic heterocycles. The number of nitrogens with one attached hydrogen (secondary N) is 1. The minimum absolute atomic E-state index is 0.759. The number of fused-ring (bicyclic) bond motifs is 1. The van der Waals surface area contributed by atoms with Gasteiger partial charge in [-0.3, -0.25) is 9.38 Å². The molecule has 17 heavy (non-hydrogen) atoms. The second kappa shape index (κ2) is 4.18. The van der Waals surface area contributed by atoms with Crippen LogP contribution < -0.4 is 5.32 Å². The minimum Gasteiger partial charge on any atom is -0.378 e. The predicted molar refractivity (Wildman–Crippen MR) is 69.4 cm³/mol. The standard InChI is InChI=1S/C12H12N4S/c1-9-11(16-5-6-17-12(16)15-9)8-14-10-3-2-4-13-7-10/h2-7,14H,8H2,1H3. The fourth-order valence-corrected chi connectivity index (χ4v) is 2.59. The van der Waals surface area contributed by atoms with Gasteiger partial charge in [-0.1, -0.05) is 0 Å². The highest BCUT2D eigenvalue weighted by Crippen LogP contribution is 2.17. The first kappa shape index (κ1) is 10.3. The van der Waals surface area contributed by atoms with Crippen LogP contribution in [0.2, 0.25) is 0 Å². The van der Waals surface area contributed by atoms with Gasteiger partial charge < -0.3 is 5.32 Å². The van der Waals surface area contributed by atoms with E-state index < -0.39 is 0 Å². The number of aromatic nitrogens is 3. The molecule has 3 aromatic rings. The Kier molecular flexibility index (Phi) is 2.53. The Balaban J connectivity index is 1.85. The Morgan fingerprint density at radius 1 is 1.47 bits per heavy atom. The van der Waals surface area contributed by atoms with Crippen molar-refractivity contribution < 1.29 is 0 Å². The first-order chi connectivity index (χ1) is 8.34. The maximum atomic E-state index is 4.51. The number of imidazole rings is 1. The second-order valence-electron chi connectivity index (χ2n) is 3.79. The molecular weight excluding hydrogens is 232 g/mol. The van der Waals surface area contributed by atoms with E-state index in [9.17, 15) is 0 Å². The lowest BCUT2D eigenvalue weighted by Gasteiger charge is -2.05. The third kappa shape index (κ3) is 1.89. The number of pyridine rings is 1. The van der Waals surface area contributed by atoms with Gasteiger partial charge in [0.1, 0.15) is 0 Å². The number of thiazole rings is 1. The highest BCUT2D eigenvalue weighted by Gasteiger charge is 2.08. The van der Waals surface area contributed by atoms with Crippen LogP contribution >= 0.6 is 11.3 Å². The van der Waals surface area contributed by atoms with Crippen molar-refractivity contribution in [2.24, 2.45) is 0 Å². The zero-order chi connectivity index (χ0) is 11.7. The first-order valence-electron chi connectivity index (χ1n) is 5.39. The molecule has 0 saturated carbocycles. The van der Waals surface area contributed by atoms with Crippen LogP contribution in [0.3, 0.4) is 0 Å². The molecular formula is C12H12N4S. The molecule has 1 N–H and O–H groups in total. The Morgan fingerprint density at radius 3 is 3.24 bits per heavy atom. The molecule has 0 aromatic carbocycles. The Morgan fingerprint density at radius 2 is 2.41 bits per heavy atom. The average Bonchev–Trinajstić information content (AvgIpc) is 2.89. The smallest absolute Gasteiger partial charge is 0.194 e. The van der Waals surface area contributed by atoms with Crippen molar-refractivity contribution in [3.05, 3.63) is 47.5 Å². The molecule has 0 radical (unpaired) electrons. The lowest BCUT2D eigenvalue weighted by Crippen LogP contribution is -2.03. The van der Waals surface area contributed by atoms with Crippen LogP contribution in [0.25, 0.3) is 4.96 Å². The van der Waals surface area contributed by atoms with Gasteiger partial charge in [0.2, 0.25) is 0 Å². The maximum Gasteiger partial charge on any atom is 0.194 e. The summed E-state index contributed by atoms with van der Waals surface area (Å²) in [5, 5.41) is 5.40. The molecule has 4 nitrogen and oxygen atoms in total. The number of hydrogen-bond acceptors (Lipinski definition) is 4. The quantitative estimate of drug-likeness (QED) is 0.770. The van der Waals surface area contributed by atoms with Gasteiger partial charge in [0.25, 0.3) is 0 Å². The van der Waals surface area contributed by atoms with Crippen molar-refractivity contribution in [1.29, 1.82) is 0 Å². The van der Waals surface area contributed by atoms with Crippen LogP contribution in [0, 0.1) is 6.92 Å². The average molecular weight is 244 g/mol. The molecule has 3 rings (SSSR count). The number of anilines is 1. The number of nitrogens with zero attached hydrogens (tertiary/aromatic N) is 3. The summed E-state index contributed by atoms with van der Waals surface area (Å²) in [6.07, 6.45) is 5.65. The molecule has 3 heterocycles. The van der Waals surface area contributed by atoms with Gasteiger partial charge in [-0.2, -0.15) is 0 Å². The fourth-order valence-electron chi connectivity index (χ4n) is 1.81. The molecule has 0 fully saturated rings. The molecule has 86 valence electrons. The van der Waals surface area contributed by atoms with Crippen LogP contribution in [0.1, 0.15) is 11.4 Å². The van der Waals surface area contributed by atoms with Crippen LogP contribution in [0.15, 0.2) is 36.1 Å². The number of aryl methyl sites for hydroxylation is 1. The van der Waals surface area contributed by atoms with Crippen LogP contribution in [-0.2, 0) is 6.54 Å². The molecule has 0 atom stereocenters. The minimum atomic E-state index is 0.759. The summed E-state index contributed by atoms with van der Waals surface area (Å²) in [5.74, 6) is 0. The van der Waals surface area contributed by atoms with Gasteiger partial charge in [0, 0.05) is 24.0 Å². The molecule has 0 spiro atoms. The molecule has 0 saturated heterocycles. The molecule has 0 aliphatic rings. The monoisotopic (exact) mass is 244 g/mol. The maximum absolute atomic E-state index is 4.51. The van der Waals surface area contributed by atoms with Crippen LogP contribution in [-0.4, -0.2) is 14.4 Å². The lowest BCUT2D eigenvalue weighted by atomic mass is 10.3. The third-order valence-electron chi connectivity index (χ3n) is 2.68. The van der Waals surface area contributed by atoms with E-state index in [1.54, 1.807) is 17.5 Å². The predicted octanol–water partition coefficient (Wildman–Crippen LogP) is 2.71. The topological polar surface area (TPSA) is 42.2 Å². The summed E-state index contributed by atoms with van der Waals surface area (Å²) in [7, 11) is 0. The summed E-state index contributed by atoms with van der Waals surface area (Å²) in [5.41, 5.74) is 3.30. The normalized spacial score (nSPS) is 10.9. The molecule has 0 bridgehead atoms. The van der Waals surface area contributed by atoms with E-state index in [0.29, 0.717) is 0 Å². The van der Waals surface area contributed by atoms with E-state index >= 15 is 0 Å².